The lowest BCUT2D eigenvalue weighted by Gasteiger charge is -2.11. The van der Waals surface area contributed by atoms with Crippen LogP contribution in [0.1, 0.15) is 16.2 Å². The second kappa shape index (κ2) is 8.62. The number of aromatic amines is 1. The Kier molecular flexibility index (Phi) is 6.00. The maximum atomic E-state index is 12.4. The summed E-state index contributed by atoms with van der Waals surface area (Å²) in [5, 5.41) is 10.0. The molecule has 0 fully saturated rings. The molecule has 2 N–H and O–H groups in total. The van der Waals surface area contributed by atoms with Crippen molar-refractivity contribution in [3.05, 3.63) is 52.8 Å². The Bertz CT molecular complexity index is 973. The average Bonchev–Trinajstić information content (AvgIpc) is 3.20. The summed E-state index contributed by atoms with van der Waals surface area (Å²) in [7, 11) is 4.56. The van der Waals surface area contributed by atoms with Gasteiger partial charge in [-0.2, -0.15) is 5.10 Å². The van der Waals surface area contributed by atoms with Crippen LogP contribution in [0, 0.1) is 0 Å². The average molecular weight is 403 g/mol. The molecule has 2 aromatic carbocycles. The zero-order valence-electron chi connectivity index (χ0n) is 15.6. The van der Waals surface area contributed by atoms with Crippen LogP contribution in [-0.2, 0) is 6.54 Å². The molecule has 0 atom stereocenters. The van der Waals surface area contributed by atoms with Crippen molar-refractivity contribution >= 4 is 17.5 Å². The van der Waals surface area contributed by atoms with Gasteiger partial charge in [0, 0.05) is 11.1 Å². The molecular formula is C19H19ClN4O4. The van der Waals surface area contributed by atoms with Gasteiger partial charge in [-0.05, 0) is 36.4 Å². The van der Waals surface area contributed by atoms with Crippen LogP contribution in [0.25, 0.3) is 11.4 Å². The zero-order chi connectivity index (χ0) is 20.1. The second-order valence-corrected chi connectivity index (χ2v) is 6.12. The van der Waals surface area contributed by atoms with E-state index < -0.39 is 0 Å². The van der Waals surface area contributed by atoms with Gasteiger partial charge in [-0.1, -0.05) is 11.6 Å². The van der Waals surface area contributed by atoms with Crippen LogP contribution in [0.4, 0.5) is 0 Å². The number of methoxy groups -OCH3 is 3. The molecule has 0 saturated carbocycles. The third-order valence-electron chi connectivity index (χ3n) is 3.99. The van der Waals surface area contributed by atoms with Crippen LogP contribution in [-0.4, -0.2) is 42.4 Å². The fourth-order valence-electron chi connectivity index (χ4n) is 2.56. The third kappa shape index (κ3) is 4.17. The number of rotatable bonds is 7. The fraction of sp³-hybridized carbons (Fsp3) is 0.211. The van der Waals surface area contributed by atoms with Crippen LogP contribution in [0.3, 0.4) is 0 Å². The highest BCUT2D eigenvalue weighted by Gasteiger charge is 2.15. The first-order valence-corrected chi connectivity index (χ1v) is 8.69. The molecule has 1 amide bonds. The summed E-state index contributed by atoms with van der Waals surface area (Å²) >= 11 is 6.14. The van der Waals surface area contributed by atoms with Gasteiger partial charge in [-0.15, -0.1) is 0 Å². The molecule has 3 aromatic rings. The van der Waals surface area contributed by atoms with E-state index in [2.05, 4.69) is 20.5 Å². The van der Waals surface area contributed by atoms with Crippen molar-refractivity contribution in [2.24, 2.45) is 0 Å². The summed E-state index contributed by atoms with van der Waals surface area (Å²) in [6.07, 6.45) is 0. The summed E-state index contributed by atoms with van der Waals surface area (Å²) in [5.41, 5.74) is 1.18. The largest absolute Gasteiger partial charge is 0.497 e. The van der Waals surface area contributed by atoms with Crippen LogP contribution in [0.2, 0.25) is 5.02 Å². The number of amides is 1. The number of benzene rings is 2. The molecule has 3 rings (SSSR count). The van der Waals surface area contributed by atoms with Crippen molar-refractivity contribution in [2.45, 2.75) is 6.54 Å². The van der Waals surface area contributed by atoms with Gasteiger partial charge in [-0.3, -0.25) is 9.89 Å². The Labute approximate surface area is 166 Å². The summed E-state index contributed by atoms with van der Waals surface area (Å²) in [6, 6.07) is 10.4. The Morgan fingerprint density at radius 1 is 1.11 bits per heavy atom. The summed E-state index contributed by atoms with van der Waals surface area (Å²) in [5.74, 6) is 2.22. The Morgan fingerprint density at radius 3 is 2.50 bits per heavy atom. The minimum Gasteiger partial charge on any atom is -0.497 e. The summed E-state index contributed by atoms with van der Waals surface area (Å²) in [4.78, 5) is 16.8. The molecule has 0 spiro atoms. The highest BCUT2D eigenvalue weighted by atomic mass is 35.5. The third-order valence-corrected chi connectivity index (χ3v) is 4.27. The molecule has 0 aliphatic rings. The van der Waals surface area contributed by atoms with Crippen molar-refractivity contribution in [2.75, 3.05) is 21.3 Å². The first-order chi connectivity index (χ1) is 13.5. The molecule has 0 saturated heterocycles. The van der Waals surface area contributed by atoms with E-state index in [0.717, 1.165) is 11.3 Å². The zero-order valence-corrected chi connectivity index (χ0v) is 16.3. The number of H-pyrrole nitrogens is 1. The number of carbonyl (C=O) groups excluding carboxylic acids is 1. The van der Waals surface area contributed by atoms with Crippen LogP contribution in [0.15, 0.2) is 36.4 Å². The Morgan fingerprint density at radius 2 is 1.86 bits per heavy atom. The van der Waals surface area contributed by atoms with Gasteiger partial charge >= 0.3 is 0 Å². The van der Waals surface area contributed by atoms with E-state index in [1.54, 1.807) is 13.2 Å². The number of nitrogens with one attached hydrogen (secondary N) is 2. The van der Waals surface area contributed by atoms with E-state index in [-0.39, 0.29) is 17.5 Å². The van der Waals surface area contributed by atoms with E-state index >= 15 is 0 Å². The molecule has 9 heteroatoms. The van der Waals surface area contributed by atoms with Gasteiger partial charge < -0.3 is 19.5 Å². The highest BCUT2D eigenvalue weighted by molar-refractivity contribution is 6.32. The molecule has 0 aliphatic carbocycles. The highest BCUT2D eigenvalue weighted by Crippen LogP contribution is 2.35. The lowest BCUT2D eigenvalue weighted by molar-refractivity contribution is 0.0949. The number of hydrogen-bond acceptors (Lipinski definition) is 6. The minimum atomic E-state index is -0.328. The predicted octanol–water partition coefficient (Wildman–Crippen LogP) is 3.08. The van der Waals surface area contributed by atoms with Crippen molar-refractivity contribution in [3.8, 4) is 28.6 Å². The standard InChI is InChI=1S/C19H19ClN4O4/c1-26-13-6-4-11(5-7-13)18-22-16(23-24-18)10-21-19(25)12-8-14(20)17(28-3)15(9-12)27-2/h4-9H,10H2,1-3H3,(H,21,25)(H,22,23,24). The van der Waals surface area contributed by atoms with Gasteiger partial charge in [0.15, 0.2) is 17.3 Å². The maximum absolute atomic E-state index is 12.4. The van der Waals surface area contributed by atoms with E-state index in [4.69, 9.17) is 25.8 Å². The van der Waals surface area contributed by atoms with E-state index in [9.17, 15) is 4.79 Å². The van der Waals surface area contributed by atoms with Crippen molar-refractivity contribution in [1.82, 2.24) is 20.5 Å². The van der Waals surface area contributed by atoms with Gasteiger partial charge in [0.2, 0.25) is 0 Å². The lowest BCUT2D eigenvalue weighted by atomic mass is 10.2. The fourth-order valence-corrected chi connectivity index (χ4v) is 2.85. The molecule has 8 nitrogen and oxygen atoms in total. The van der Waals surface area contributed by atoms with Gasteiger partial charge in [0.05, 0.1) is 32.9 Å². The molecule has 1 aromatic heterocycles. The van der Waals surface area contributed by atoms with Gasteiger partial charge in [-0.25, -0.2) is 4.98 Å². The van der Waals surface area contributed by atoms with Crippen LogP contribution < -0.4 is 19.5 Å². The smallest absolute Gasteiger partial charge is 0.251 e. The van der Waals surface area contributed by atoms with Gasteiger partial charge in [0.25, 0.3) is 5.91 Å². The molecule has 0 unspecified atom stereocenters. The van der Waals surface area contributed by atoms with E-state index in [1.165, 1.54) is 20.3 Å². The first kappa shape index (κ1) is 19.5. The second-order valence-electron chi connectivity index (χ2n) is 5.71. The number of carbonyl (C=O) groups is 1. The number of aromatic nitrogens is 3. The van der Waals surface area contributed by atoms with Gasteiger partial charge in [0.1, 0.15) is 11.6 Å². The van der Waals surface area contributed by atoms with Crippen molar-refractivity contribution < 1.29 is 19.0 Å². The predicted molar refractivity (Wildman–Crippen MR) is 104 cm³/mol. The summed E-state index contributed by atoms with van der Waals surface area (Å²) in [6.45, 7) is 0.175. The Balaban J connectivity index is 1.68. The SMILES string of the molecule is COc1ccc(-c2n[nH]c(CNC(=O)c3cc(Cl)c(OC)c(OC)c3)n2)cc1. The quantitative estimate of drug-likeness (QED) is 0.630. The first-order valence-electron chi connectivity index (χ1n) is 8.31. The van der Waals surface area contributed by atoms with Crippen LogP contribution >= 0.6 is 11.6 Å². The number of nitrogens with zero attached hydrogens (tertiary/aromatic N) is 2. The van der Waals surface area contributed by atoms with E-state index in [1.807, 2.05) is 24.3 Å². The molecule has 0 bridgehead atoms. The Hall–Kier alpha value is -3.26. The molecule has 1 heterocycles. The lowest BCUT2D eigenvalue weighted by Crippen LogP contribution is -2.23. The van der Waals surface area contributed by atoms with Crippen LogP contribution in [0.5, 0.6) is 17.2 Å². The van der Waals surface area contributed by atoms with Crippen molar-refractivity contribution in [3.63, 3.8) is 0 Å². The summed E-state index contributed by atoms with van der Waals surface area (Å²) < 4.78 is 15.5. The molecular weight excluding hydrogens is 384 g/mol. The normalized spacial score (nSPS) is 10.4. The van der Waals surface area contributed by atoms with Crippen molar-refractivity contribution in [1.29, 1.82) is 0 Å². The topological polar surface area (TPSA) is 98.4 Å². The number of hydrogen-bond donors (Lipinski definition) is 2. The van der Waals surface area contributed by atoms with E-state index in [0.29, 0.717) is 28.7 Å². The minimum absolute atomic E-state index is 0.175. The molecule has 146 valence electrons. The molecule has 28 heavy (non-hydrogen) atoms. The number of ether oxygens (including phenoxy) is 3. The number of halogens is 1. The molecule has 0 aliphatic heterocycles. The molecule has 0 radical (unpaired) electrons. The maximum Gasteiger partial charge on any atom is 0.251 e. The monoisotopic (exact) mass is 402 g/mol.